The van der Waals surface area contributed by atoms with Gasteiger partial charge in [0, 0.05) is 24.1 Å². The molecule has 0 aliphatic rings. The van der Waals surface area contributed by atoms with Crippen molar-refractivity contribution in [3.05, 3.63) is 48.5 Å². The molecule has 0 unspecified atom stereocenters. The van der Waals surface area contributed by atoms with Crippen LogP contribution in [0.15, 0.2) is 43.0 Å². The highest BCUT2D eigenvalue weighted by Crippen LogP contribution is 2.17. The molecule has 7 heteroatoms. The number of carboxylic acids is 1. The summed E-state index contributed by atoms with van der Waals surface area (Å²) in [5, 5.41) is 11.2. The van der Waals surface area contributed by atoms with E-state index in [4.69, 9.17) is 9.84 Å². The van der Waals surface area contributed by atoms with Crippen molar-refractivity contribution in [2.45, 2.75) is 0 Å². The fourth-order valence-electron chi connectivity index (χ4n) is 1.43. The number of aromatic nitrogens is 2. The highest BCUT2D eigenvalue weighted by molar-refractivity contribution is 6.03. The Balaban J connectivity index is 2.04. The van der Waals surface area contributed by atoms with Gasteiger partial charge < -0.3 is 15.2 Å². The van der Waals surface area contributed by atoms with Gasteiger partial charge in [-0.05, 0) is 12.1 Å². The molecule has 1 aromatic heterocycles. The van der Waals surface area contributed by atoms with E-state index in [1.807, 2.05) is 0 Å². The Bertz CT molecular complexity index is 616. The molecule has 0 saturated heterocycles. The van der Waals surface area contributed by atoms with Crippen LogP contribution in [0.4, 0.5) is 5.69 Å². The molecule has 0 saturated carbocycles. The van der Waals surface area contributed by atoms with E-state index in [-0.39, 0.29) is 5.91 Å². The van der Waals surface area contributed by atoms with Gasteiger partial charge in [-0.15, -0.1) is 0 Å². The summed E-state index contributed by atoms with van der Waals surface area (Å²) in [7, 11) is 0. The van der Waals surface area contributed by atoms with Crippen LogP contribution in [0.5, 0.6) is 5.75 Å². The largest absolute Gasteiger partial charge is 0.482 e. The molecule has 1 aromatic carbocycles. The van der Waals surface area contributed by atoms with Crippen LogP contribution in [0, 0.1) is 0 Å². The van der Waals surface area contributed by atoms with Gasteiger partial charge in [0.1, 0.15) is 12.1 Å². The summed E-state index contributed by atoms with van der Waals surface area (Å²) < 4.78 is 5.02. The summed E-state index contributed by atoms with van der Waals surface area (Å²) in [5.74, 6) is -1.07. The molecule has 1 amide bonds. The summed E-state index contributed by atoms with van der Waals surface area (Å²) in [6.07, 6.45) is 4.12. The van der Waals surface area contributed by atoms with Crippen molar-refractivity contribution in [3.8, 4) is 5.75 Å². The first-order valence-corrected chi connectivity index (χ1v) is 5.66. The van der Waals surface area contributed by atoms with E-state index in [1.54, 1.807) is 18.2 Å². The topological polar surface area (TPSA) is 101 Å². The van der Waals surface area contributed by atoms with E-state index in [0.29, 0.717) is 17.0 Å². The van der Waals surface area contributed by atoms with Crippen LogP contribution in [-0.2, 0) is 4.79 Å². The van der Waals surface area contributed by atoms with Gasteiger partial charge >= 0.3 is 5.97 Å². The first-order chi connectivity index (χ1) is 9.65. The predicted octanol–water partition coefficient (Wildman–Crippen LogP) is 1.19. The standard InChI is InChI=1S/C13H11N3O4/c17-12(18)7-20-11-3-1-2-10(4-11)16-13(19)9-5-14-8-15-6-9/h1-6,8H,7H2,(H,16,19)(H,17,18). The Morgan fingerprint density at radius 3 is 2.70 bits per heavy atom. The number of nitrogens with one attached hydrogen (secondary N) is 1. The van der Waals surface area contributed by atoms with E-state index >= 15 is 0 Å². The number of anilines is 1. The Hall–Kier alpha value is -2.96. The Morgan fingerprint density at radius 2 is 2.00 bits per heavy atom. The SMILES string of the molecule is O=C(O)COc1cccc(NC(=O)c2cncnc2)c1. The number of hydrogen-bond donors (Lipinski definition) is 2. The minimum atomic E-state index is -1.07. The number of benzene rings is 1. The minimum Gasteiger partial charge on any atom is -0.482 e. The van der Waals surface area contributed by atoms with Gasteiger partial charge in [-0.2, -0.15) is 0 Å². The van der Waals surface area contributed by atoms with Crippen LogP contribution in [0.3, 0.4) is 0 Å². The van der Waals surface area contributed by atoms with Gasteiger partial charge in [-0.25, -0.2) is 14.8 Å². The molecular formula is C13H11N3O4. The molecule has 20 heavy (non-hydrogen) atoms. The van der Waals surface area contributed by atoms with Gasteiger partial charge in [0.25, 0.3) is 5.91 Å². The summed E-state index contributed by atoms with van der Waals surface area (Å²) in [5.41, 5.74) is 0.811. The average molecular weight is 273 g/mol. The third-order valence-corrected chi connectivity index (χ3v) is 2.28. The summed E-state index contributed by atoms with van der Waals surface area (Å²) in [6, 6.07) is 6.44. The molecule has 2 N–H and O–H groups in total. The number of amides is 1. The number of hydrogen-bond acceptors (Lipinski definition) is 5. The van der Waals surface area contributed by atoms with Crippen molar-refractivity contribution in [2.75, 3.05) is 11.9 Å². The predicted molar refractivity (Wildman–Crippen MR) is 69.6 cm³/mol. The van der Waals surface area contributed by atoms with Gasteiger partial charge in [-0.1, -0.05) is 6.07 Å². The Kier molecular flexibility index (Phi) is 4.23. The normalized spacial score (nSPS) is 9.80. The molecule has 102 valence electrons. The number of nitrogens with zero attached hydrogens (tertiary/aromatic N) is 2. The van der Waals surface area contributed by atoms with Gasteiger partial charge in [0.2, 0.25) is 0 Å². The van der Waals surface area contributed by atoms with Crippen LogP contribution in [-0.4, -0.2) is 33.6 Å². The number of carboxylic acid groups (broad SMARTS) is 1. The molecule has 0 aliphatic heterocycles. The lowest BCUT2D eigenvalue weighted by Crippen LogP contribution is -2.13. The highest BCUT2D eigenvalue weighted by atomic mass is 16.5. The van der Waals surface area contributed by atoms with Crippen molar-refractivity contribution in [1.82, 2.24) is 9.97 Å². The second kappa shape index (κ2) is 6.28. The molecule has 0 aliphatic carbocycles. The van der Waals surface area contributed by atoms with Crippen molar-refractivity contribution in [1.29, 1.82) is 0 Å². The molecule has 0 bridgehead atoms. The van der Waals surface area contributed by atoms with Crippen LogP contribution in [0.2, 0.25) is 0 Å². The van der Waals surface area contributed by atoms with Crippen LogP contribution < -0.4 is 10.1 Å². The molecule has 2 aromatic rings. The minimum absolute atomic E-state index is 0.323. The van der Waals surface area contributed by atoms with Gasteiger partial charge in [0.05, 0.1) is 5.56 Å². The van der Waals surface area contributed by atoms with E-state index in [1.165, 1.54) is 24.8 Å². The molecular weight excluding hydrogens is 262 g/mol. The fourth-order valence-corrected chi connectivity index (χ4v) is 1.43. The van der Waals surface area contributed by atoms with Crippen molar-refractivity contribution < 1.29 is 19.4 Å². The molecule has 0 spiro atoms. The fraction of sp³-hybridized carbons (Fsp3) is 0.0769. The first-order valence-electron chi connectivity index (χ1n) is 5.66. The van der Waals surface area contributed by atoms with Crippen molar-refractivity contribution in [3.63, 3.8) is 0 Å². The molecule has 0 fully saturated rings. The third-order valence-electron chi connectivity index (χ3n) is 2.28. The van der Waals surface area contributed by atoms with Crippen molar-refractivity contribution >= 4 is 17.6 Å². The zero-order valence-corrected chi connectivity index (χ0v) is 10.3. The molecule has 0 radical (unpaired) electrons. The zero-order chi connectivity index (χ0) is 14.4. The third kappa shape index (κ3) is 3.77. The lowest BCUT2D eigenvalue weighted by atomic mass is 10.2. The zero-order valence-electron chi connectivity index (χ0n) is 10.3. The maximum atomic E-state index is 11.9. The Labute approximate surface area is 114 Å². The Morgan fingerprint density at radius 1 is 1.25 bits per heavy atom. The van der Waals surface area contributed by atoms with Crippen LogP contribution in [0.1, 0.15) is 10.4 Å². The quantitative estimate of drug-likeness (QED) is 0.848. The van der Waals surface area contributed by atoms with E-state index in [0.717, 1.165) is 0 Å². The second-order valence-corrected chi connectivity index (χ2v) is 3.79. The van der Waals surface area contributed by atoms with Gasteiger partial charge in [0.15, 0.2) is 6.61 Å². The number of carbonyl (C=O) groups excluding carboxylic acids is 1. The summed E-state index contributed by atoms with van der Waals surface area (Å²) in [4.78, 5) is 29.8. The van der Waals surface area contributed by atoms with Gasteiger partial charge in [-0.3, -0.25) is 4.79 Å². The van der Waals surface area contributed by atoms with Crippen LogP contribution in [0.25, 0.3) is 0 Å². The molecule has 2 rings (SSSR count). The smallest absolute Gasteiger partial charge is 0.341 e. The monoisotopic (exact) mass is 273 g/mol. The molecule has 1 heterocycles. The van der Waals surface area contributed by atoms with E-state index in [2.05, 4.69) is 15.3 Å². The van der Waals surface area contributed by atoms with E-state index < -0.39 is 12.6 Å². The molecule has 7 nitrogen and oxygen atoms in total. The second-order valence-electron chi connectivity index (χ2n) is 3.79. The first kappa shape index (κ1) is 13.5. The highest BCUT2D eigenvalue weighted by Gasteiger charge is 2.07. The number of aliphatic carboxylic acids is 1. The van der Waals surface area contributed by atoms with E-state index in [9.17, 15) is 9.59 Å². The van der Waals surface area contributed by atoms with Crippen molar-refractivity contribution in [2.24, 2.45) is 0 Å². The lowest BCUT2D eigenvalue weighted by Gasteiger charge is -2.07. The number of carbonyl (C=O) groups is 2. The number of rotatable bonds is 5. The average Bonchev–Trinajstić information content (AvgIpc) is 2.46. The maximum absolute atomic E-state index is 11.9. The maximum Gasteiger partial charge on any atom is 0.341 e. The summed E-state index contributed by atoms with van der Waals surface area (Å²) >= 11 is 0. The number of ether oxygens (including phenoxy) is 1. The van der Waals surface area contributed by atoms with Crippen LogP contribution >= 0.6 is 0 Å². The lowest BCUT2D eigenvalue weighted by molar-refractivity contribution is -0.139. The summed E-state index contributed by atoms with van der Waals surface area (Å²) in [6.45, 7) is -0.441. The molecule has 0 atom stereocenters.